The first kappa shape index (κ1) is 24.3. The highest BCUT2D eigenvalue weighted by Crippen LogP contribution is 2.42. The highest BCUT2D eigenvalue weighted by Gasteiger charge is 2.42. The van der Waals surface area contributed by atoms with E-state index in [-0.39, 0.29) is 28.5 Å². The number of halogens is 3. The van der Waals surface area contributed by atoms with Gasteiger partial charge in [-0.05, 0) is 74.9 Å². The van der Waals surface area contributed by atoms with Crippen LogP contribution in [0, 0.1) is 17.5 Å². The van der Waals surface area contributed by atoms with Crippen molar-refractivity contribution in [1.29, 1.82) is 0 Å². The van der Waals surface area contributed by atoms with Crippen molar-refractivity contribution in [1.82, 2.24) is 19.4 Å². The lowest BCUT2D eigenvalue weighted by Crippen LogP contribution is -2.48. The lowest BCUT2D eigenvalue weighted by molar-refractivity contribution is 0.0976. The molecule has 1 aromatic heterocycles. The normalized spacial score (nSPS) is 21.9. The van der Waals surface area contributed by atoms with E-state index in [1.165, 1.54) is 16.9 Å². The van der Waals surface area contributed by atoms with E-state index in [0.29, 0.717) is 18.7 Å². The molecule has 11 heteroatoms. The third kappa shape index (κ3) is 4.33. The number of rotatable bonds is 5. The Morgan fingerprint density at radius 1 is 1.11 bits per heavy atom. The van der Waals surface area contributed by atoms with Gasteiger partial charge in [0.25, 0.3) is 15.9 Å². The molecule has 1 amide bonds. The topological polar surface area (TPSA) is 84.3 Å². The largest absolute Gasteiger partial charge is 0.287 e. The molecule has 7 nitrogen and oxygen atoms in total. The van der Waals surface area contributed by atoms with Gasteiger partial charge in [-0.2, -0.15) is 5.10 Å². The number of sulfonamides is 1. The fourth-order valence-electron chi connectivity index (χ4n) is 5.03. The highest BCUT2D eigenvalue weighted by atomic mass is 32.2. The van der Waals surface area contributed by atoms with Crippen LogP contribution in [0.25, 0.3) is 6.20 Å². The van der Waals surface area contributed by atoms with Gasteiger partial charge in [-0.1, -0.05) is 0 Å². The first-order chi connectivity index (χ1) is 17.1. The monoisotopic (exact) mass is 516 g/mol. The Hall–Kier alpha value is -3.44. The molecule has 36 heavy (non-hydrogen) atoms. The molecule has 3 aromatic rings. The second kappa shape index (κ2) is 8.90. The molecule has 2 atom stereocenters. The van der Waals surface area contributed by atoms with Gasteiger partial charge in [0.1, 0.15) is 17.5 Å². The molecule has 1 N–H and O–H groups in total. The van der Waals surface area contributed by atoms with Crippen molar-refractivity contribution in [3.05, 3.63) is 89.0 Å². The first-order valence-corrected chi connectivity index (χ1v) is 12.9. The number of carbonyl (C=O) groups is 1. The van der Waals surface area contributed by atoms with Crippen molar-refractivity contribution in [3.63, 3.8) is 0 Å². The first-order valence-electron chi connectivity index (χ1n) is 11.4. The summed E-state index contributed by atoms with van der Waals surface area (Å²) in [7, 11) is -4.24. The van der Waals surface area contributed by atoms with E-state index in [4.69, 9.17) is 0 Å². The van der Waals surface area contributed by atoms with Crippen LogP contribution in [0.2, 0.25) is 0 Å². The van der Waals surface area contributed by atoms with E-state index in [2.05, 4.69) is 10.00 Å². The molecule has 2 aliphatic rings. The molecular formula is C25H23F3N4O3S. The minimum Gasteiger partial charge on any atom is -0.287 e. The number of fused-ring (bicyclic) bond motifs is 1. The lowest BCUT2D eigenvalue weighted by Gasteiger charge is -2.42. The van der Waals surface area contributed by atoms with Crippen molar-refractivity contribution >= 4 is 22.1 Å². The average Bonchev–Trinajstić information content (AvgIpc) is 3.48. The molecule has 2 aromatic carbocycles. The molecule has 188 valence electrons. The third-order valence-corrected chi connectivity index (χ3v) is 8.17. The summed E-state index contributed by atoms with van der Waals surface area (Å²) in [5.41, 5.74) is 0.173. The third-order valence-electron chi connectivity index (χ3n) is 6.82. The van der Waals surface area contributed by atoms with Crippen LogP contribution < -0.4 is 4.72 Å². The number of hydrogen-bond acceptors (Lipinski definition) is 5. The van der Waals surface area contributed by atoms with Gasteiger partial charge in [0.05, 0.1) is 22.3 Å². The highest BCUT2D eigenvalue weighted by molar-refractivity contribution is 7.90. The number of amides is 1. The van der Waals surface area contributed by atoms with Crippen LogP contribution in [-0.2, 0) is 16.4 Å². The van der Waals surface area contributed by atoms with Gasteiger partial charge in [0.15, 0.2) is 0 Å². The summed E-state index contributed by atoms with van der Waals surface area (Å²) in [6.45, 7) is 2.57. The zero-order valence-electron chi connectivity index (χ0n) is 19.3. The van der Waals surface area contributed by atoms with E-state index < -0.39 is 38.9 Å². The van der Waals surface area contributed by atoms with Crippen LogP contribution in [0.1, 0.15) is 47.4 Å². The van der Waals surface area contributed by atoms with E-state index in [0.717, 1.165) is 42.8 Å². The van der Waals surface area contributed by atoms with Crippen LogP contribution in [0.4, 0.5) is 13.2 Å². The minimum atomic E-state index is -4.24. The maximum absolute atomic E-state index is 14.6. The molecule has 0 bridgehead atoms. The predicted octanol–water partition coefficient (Wildman–Crippen LogP) is 4.04. The molecule has 1 fully saturated rings. The summed E-state index contributed by atoms with van der Waals surface area (Å²) in [6, 6.07) is 7.19. The lowest BCUT2D eigenvalue weighted by atomic mass is 9.88. The summed E-state index contributed by atoms with van der Waals surface area (Å²) in [6.07, 6.45) is 6.59. The number of benzene rings is 2. The molecule has 1 saturated heterocycles. The second-order valence-corrected chi connectivity index (χ2v) is 10.9. The Balaban J connectivity index is 1.42. The molecule has 0 spiro atoms. The number of carbonyl (C=O) groups excluding carboxylic acids is 1. The van der Waals surface area contributed by atoms with Crippen LogP contribution in [-0.4, -0.2) is 41.1 Å². The zero-order chi connectivity index (χ0) is 25.7. The van der Waals surface area contributed by atoms with Crippen molar-refractivity contribution in [2.45, 2.75) is 42.7 Å². The van der Waals surface area contributed by atoms with Gasteiger partial charge in [0, 0.05) is 29.8 Å². The van der Waals surface area contributed by atoms with Crippen molar-refractivity contribution < 1.29 is 26.4 Å². The fraction of sp³-hybridized carbons (Fsp3) is 0.280. The standard InChI is InChI=1S/C25H23F3N4O3S/c1-25(31-11-2-3-22(31)19-13-17(27)6-9-21(19)28)10-12-32-23(14-25)20(15-29-32)24(33)30-36(34,35)18-7-4-16(26)5-8-18/h4-10,12-13,15,22H,2-3,11,14H2,1H3,(H,30,33)/t22-,25?/m1/s1. The minimum absolute atomic E-state index is 0.0731. The number of nitrogens with one attached hydrogen (secondary N) is 1. The maximum atomic E-state index is 14.6. The van der Waals surface area contributed by atoms with Gasteiger partial charge >= 0.3 is 0 Å². The number of hydrogen-bond donors (Lipinski definition) is 1. The van der Waals surface area contributed by atoms with Crippen molar-refractivity contribution in [2.24, 2.45) is 0 Å². The fourth-order valence-corrected chi connectivity index (χ4v) is 6.00. The molecule has 1 unspecified atom stereocenters. The SMILES string of the molecule is CC1(N2CCC[C@@H]2c2cc(F)ccc2F)C=Cn2ncc(C(=O)NS(=O)(=O)c3ccc(F)cc3)c2C1. The quantitative estimate of drug-likeness (QED) is 0.554. The summed E-state index contributed by atoms with van der Waals surface area (Å²) >= 11 is 0. The van der Waals surface area contributed by atoms with Crippen LogP contribution in [0.3, 0.4) is 0 Å². The number of aromatic nitrogens is 2. The molecule has 0 aliphatic carbocycles. The van der Waals surface area contributed by atoms with E-state index in [1.807, 2.05) is 17.7 Å². The maximum Gasteiger partial charge on any atom is 0.268 e. The van der Waals surface area contributed by atoms with Gasteiger partial charge < -0.3 is 0 Å². The Kier molecular flexibility index (Phi) is 6.00. The summed E-state index contributed by atoms with van der Waals surface area (Å²) in [5.74, 6) is -2.46. The Morgan fingerprint density at radius 3 is 2.58 bits per heavy atom. The Morgan fingerprint density at radius 2 is 1.83 bits per heavy atom. The number of likely N-dealkylation sites (tertiary alicyclic amines) is 1. The Labute approximate surface area is 206 Å². The predicted molar refractivity (Wildman–Crippen MR) is 126 cm³/mol. The van der Waals surface area contributed by atoms with Crippen LogP contribution in [0.15, 0.2) is 59.6 Å². The summed E-state index contributed by atoms with van der Waals surface area (Å²) in [5, 5.41) is 4.18. The summed E-state index contributed by atoms with van der Waals surface area (Å²) < 4.78 is 70.5. The molecule has 0 saturated carbocycles. The number of nitrogens with zero attached hydrogens (tertiary/aromatic N) is 3. The zero-order valence-corrected chi connectivity index (χ0v) is 20.1. The second-order valence-electron chi connectivity index (χ2n) is 9.20. The van der Waals surface area contributed by atoms with Gasteiger partial charge in [-0.25, -0.2) is 31.0 Å². The van der Waals surface area contributed by atoms with Gasteiger partial charge in [0.2, 0.25) is 0 Å². The van der Waals surface area contributed by atoms with E-state index in [1.54, 1.807) is 6.20 Å². The average molecular weight is 517 g/mol. The molecule has 0 radical (unpaired) electrons. The van der Waals surface area contributed by atoms with Crippen LogP contribution >= 0.6 is 0 Å². The molecule has 3 heterocycles. The summed E-state index contributed by atoms with van der Waals surface area (Å²) in [4.78, 5) is 14.8. The van der Waals surface area contributed by atoms with Gasteiger partial charge in [-0.3, -0.25) is 9.69 Å². The van der Waals surface area contributed by atoms with Crippen molar-refractivity contribution in [3.8, 4) is 0 Å². The van der Waals surface area contributed by atoms with E-state index in [9.17, 15) is 26.4 Å². The van der Waals surface area contributed by atoms with Crippen LogP contribution in [0.5, 0.6) is 0 Å². The van der Waals surface area contributed by atoms with E-state index >= 15 is 0 Å². The van der Waals surface area contributed by atoms with Crippen molar-refractivity contribution in [2.75, 3.05) is 6.54 Å². The molecule has 5 rings (SSSR count). The van der Waals surface area contributed by atoms with Gasteiger partial charge in [-0.15, -0.1) is 0 Å². The Bertz CT molecular complexity index is 1470. The molecular weight excluding hydrogens is 493 g/mol. The molecule has 2 aliphatic heterocycles. The smallest absolute Gasteiger partial charge is 0.268 e.